The molecule has 3 aromatic rings. The van der Waals surface area contributed by atoms with Gasteiger partial charge in [-0.1, -0.05) is 12.1 Å². The van der Waals surface area contributed by atoms with Crippen LogP contribution >= 0.6 is 0 Å². The van der Waals surface area contributed by atoms with Crippen LogP contribution in [0.3, 0.4) is 0 Å². The minimum Gasteiger partial charge on any atom is -0.287 e. The predicted molar refractivity (Wildman–Crippen MR) is 89.6 cm³/mol. The van der Waals surface area contributed by atoms with Crippen LogP contribution < -0.4 is 16.7 Å². The van der Waals surface area contributed by atoms with Gasteiger partial charge in [0.05, 0.1) is 17.8 Å². The van der Waals surface area contributed by atoms with E-state index in [-0.39, 0.29) is 23.6 Å². The summed E-state index contributed by atoms with van der Waals surface area (Å²) in [6.45, 7) is 0.0972. The lowest BCUT2D eigenvalue weighted by atomic mass is 10.1. The number of hydrogen-bond acceptors (Lipinski definition) is 2. The zero-order valence-corrected chi connectivity index (χ0v) is 13.4. The highest BCUT2D eigenvalue weighted by Crippen LogP contribution is 2.21. The third-order valence-corrected chi connectivity index (χ3v) is 3.74. The zero-order chi connectivity index (χ0) is 18.8. The number of amidine groups is 1. The quantitative estimate of drug-likeness (QED) is 0.411. The highest BCUT2D eigenvalue weighted by Gasteiger charge is 2.13. The van der Waals surface area contributed by atoms with Crippen molar-refractivity contribution in [3.05, 3.63) is 87.5 Å². The van der Waals surface area contributed by atoms with Crippen LogP contribution in [-0.2, 0) is 6.54 Å². The molecule has 3 rings (SSSR count). The van der Waals surface area contributed by atoms with Crippen molar-refractivity contribution in [2.45, 2.75) is 6.54 Å². The standard InChI is InChI=1S/C18H13F3N4O/c19-13-7-12(8-14(20)17(13)21)15-4-5-16(26)25(24-15)9-10-2-1-3-11(6-10)18(22)23/h1-8H,9H2,(H3,22,23)/p+1. The first kappa shape index (κ1) is 17.4. The van der Waals surface area contributed by atoms with E-state index in [1.54, 1.807) is 24.3 Å². The molecule has 2 aromatic carbocycles. The summed E-state index contributed by atoms with van der Waals surface area (Å²) < 4.78 is 41.1. The van der Waals surface area contributed by atoms with Crippen molar-refractivity contribution in [3.8, 4) is 11.3 Å². The lowest BCUT2D eigenvalue weighted by Gasteiger charge is -2.08. The maximum Gasteiger partial charge on any atom is 0.270 e. The molecule has 0 saturated heterocycles. The number of nitrogens with two attached hydrogens (primary N) is 2. The Labute approximate surface area is 146 Å². The maximum atomic E-state index is 13.4. The monoisotopic (exact) mass is 359 g/mol. The summed E-state index contributed by atoms with van der Waals surface area (Å²) >= 11 is 0. The molecule has 1 aromatic heterocycles. The van der Waals surface area contributed by atoms with Crippen LogP contribution in [-0.4, -0.2) is 15.6 Å². The Bertz CT molecular complexity index is 1040. The molecule has 5 nitrogen and oxygen atoms in total. The molecule has 0 spiro atoms. The third kappa shape index (κ3) is 3.49. The van der Waals surface area contributed by atoms with E-state index in [4.69, 9.17) is 11.1 Å². The minimum atomic E-state index is -1.56. The molecule has 0 aliphatic carbocycles. The second-order valence-electron chi connectivity index (χ2n) is 5.62. The Hall–Kier alpha value is -3.42. The van der Waals surface area contributed by atoms with Gasteiger partial charge in [-0.2, -0.15) is 5.10 Å². The van der Waals surface area contributed by atoms with Gasteiger partial charge < -0.3 is 0 Å². The zero-order valence-electron chi connectivity index (χ0n) is 13.4. The summed E-state index contributed by atoms with van der Waals surface area (Å²) in [4.78, 5) is 12.1. The summed E-state index contributed by atoms with van der Waals surface area (Å²) in [6.07, 6.45) is 0. The Morgan fingerprint density at radius 3 is 2.42 bits per heavy atom. The first-order chi connectivity index (χ1) is 12.3. The maximum absolute atomic E-state index is 13.4. The van der Waals surface area contributed by atoms with Crippen LogP contribution in [0.15, 0.2) is 53.3 Å². The van der Waals surface area contributed by atoms with Crippen molar-refractivity contribution >= 4 is 5.84 Å². The van der Waals surface area contributed by atoms with E-state index in [0.29, 0.717) is 11.1 Å². The molecule has 0 aliphatic heterocycles. The van der Waals surface area contributed by atoms with Crippen molar-refractivity contribution in [1.29, 1.82) is 0 Å². The van der Waals surface area contributed by atoms with Crippen LogP contribution in [0.1, 0.15) is 11.1 Å². The molecular formula is C18H14F3N4O+. The van der Waals surface area contributed by atoms with Gasteiger partial charge in [-0.25, -0.2) is 17.9 Å². The molecule has 132 valence electrons. The predicted octanol–water partition coefficient (Wildman–Crippen LogP) is 0.840. The number of halogens is 3. The summed E-state index contributed by atoms with van der Waals surface area (Å²) in [5.74, 6) is -4.09. The molecule has 0 fully saturated rings. The minimum absolute atomic E-state index is 0.0171. The van der Waals surface area contributed by atoms with Gasteiger partial charge in [0.25, 0.3) is 11.4 Å². The SMILES string of the molecule is NC(=[NH2+])c1cccc(Cn2nc(-c3cc(F)c(F)c(F)c3)ccc2=O)c1. The molecule has 4 N–H and O–H groups in total. The van der Waals surface area contributed by atoms with E-state index in [2.05, 4.69) is 5.10 Å². The normalized spacial score (nSPS) is 10.7. The average Bonchev–Trinajstić information content (AvgIpc) is 2.61. The highest BCUT2D eigenvalue weighted by molar-refractivity contribution is 5.92. The molecule has 26 heavy (non-hydrogen) atoms. The number of rotatable bonds is 4. The van der Waals surface area contributed by atoms with Gasteiger partial charge >= 0.3 is 0 Å². The topological polar surface area (TPSA) is 86.5 Å². The number of benzene rings is 2. The average molecular weight is 359 g/mol. The summed E-state index contributed by atoms with van der Waals surface area (Å²) in [5.41, 5.74) is 6.60. The van der Waals surface area contributed by atoms with E-state index >= 15 is 0 Å². The molecule has 0 radical (unpaired) electrons. The van der Waals surface area contributed by atoms with Crippen molar-refractivity contribution in [2.24, 2.45) is 5.73 Å². The Morgan fingerprint density at radius 1 is 1.08 bits per heavy atom. The molecule has 0 amide bonds. The first-order valence-corrected chi connectivity index (χ1v) is 7.55. The van der Waals surface area contributed by atoms with E-state index in [9.17, 15) is 18.0 Å². The molecule has 1 heterocycles. The number of hydrogen-bond donors (Lipinski definition) is 2. The lowest BCUT2D eigenvalue weighted by molar-refractivity contribution is -0.114. The molecular weight excluding hydrogens is 345 g/mol. The largest absolute Gasteiger partial charge is 0.287 e. The fourth-order valence-corrected chi connectivity index (χ4v) is 2.44. The second kappa shape index (κ2) is 6.83. The Balaban J connectivity index is 2.00. The fourth-order valence-electron chi connectivity index (χ4n) is 2.44. The van der Waals surface area contributed by atoms with Gasteiger partial charge in [-0.3, -0.25) is 15.9 Å². The summed E-state index contributed by atoms with van der Waals surface area (Å²) in [6, 6.07) is 11.1. The summed E-state index contributed by atoms with van der Waals surface area (Å²) in [7, 11) is 0. The van der Waals surface area contributed by atoms with Crippen molar-refractivity contribution < 1.29 is 18.6 Å². The van der Waals surface area contributed by atoms with Gasteiger partial charge in [0.2, 0.25) is 0 Å². The summed E-state index contributed by atoms with van der Waals surface area (Å²) in [5, 5.41) is 9.66. The van der Waals surface area contributed by atoms with Gasteiger partial charge in [-0.15, -0.1) is 0 Å². The van der Waals surface area contributed by atoms with Gasteiger partial charge in [0.15, 0.2) is 17.5 Å². The van der Waals surface area contributed by atoms with Gasteiger partial charge in [0.1, 0.15) is 0 Å². The number of aromatic nitrogens is 2. The van der Waals surface area contributed by atoms with E-state index in [0.717, 1.165) is 16.8 Å². The van der Waals surface area contributed by atoms with Gasteiger partial charge in [0, 0.05) is 11.6 Å². The van der Waals surface area contributed by atoms with Crippen LogP contribution in [0.5, 0.6) is 0 Å². The van der Waals surface area contributed by atoms with E-state index in [1.807, 2.05) is 0 Å². The van der Waals surface area contributed by atoms with Crippen molar-refractivity contribution in [1.82, 2.24) is 9.78 Å². The third-order valence-electron chi connectivity index (χ3n) is 3.74. The second-order valence-corrected chi connectivity index (χ2v) is 5.62. The fraction of sp³-hybridized carbons (Fsp3) is 0.0556. The molecule has 8 heteroatoms. The van der Waals surface area contributed by atoms with E-state index < -0.39 is 23.0 Å². The van der Waals surface area contributed by atoms with E-state index in [1.165, 1.54) is 12.1 Å². The van der Waals surface area contributed by atoms with Crippen LogP contribution in [0, 0.1) is 17.5 Å². The first-order valence-electron chi connectivity index (χ1n) is 7.55. The van der Waals surface area contributed by atoms with Gasteiger partial charge in [-0.05, 0) is 35.9 Å². The Kier molecular flexibility index (Phi) is 4.57. The lowest BCUT2D eigenvalue weighted by Crippen LogP contribution is -2.46. The van der Waals surface area contributed by atoms with Crippen LogP contribution in [0.4, 0.5) is 13.2 Å². The van der Waals surface area contributed by atoms with Crippen molar-refractivity contribution in [3.63, 3.8) is 0 Å². The van der Waals surface area contributed by atoms with Crippen LogP contribution in [0.25, 0.3) is 11.3 Å². The van der Waals surface area contributed by atoms with Crippen molar-refractivity contribution in [2.75, 3.05) is 0 Å². The molecule has 0 saturated carbocycles. The Morgan fingerprint density at radius 2 is 1.77 bits per heavy atom. The molecule has 0 unspecified atom stereocenters. The van der Waals surface area contributed by atoms with Crippen LogP contribution in [0.2, 0.25) is 0 Å². The number of nitrogens with zero attached hydrogens (tertiary/aromatic N) is 2. The smallest absolute Gasteiger partial charge is 0.270 e. The molecule has 0 atom stereocenters. The highest BCUT2D eigenvalue weighted by atomic mass is 19.2. The molecule has 0 bridgehead atoms. The molecule has 0 aliphatic rings.